The van der Waals surface area contributed by atoms with Gasteiger partial charge in [0, 0.05) is 14.6 Å². The zero-order valence-corrected chi connectivity index (χ0v) is 15.8. The Kier molecular flexibility index (Phi) is 5.58. The van der Waals surface area contributed by atoms with Crippen LogP contribution in [0.2, 0.25) is 5.02 Å². The van der Waals surface area contributed by atoms with Gasteiger partial charge in [-0.25, -0.2) is 0 Å². The van der Waals surface area contributed by atoms with Crippen molar-refractivity contribution in [3.05, 3.63) is 32.4 Å². The Morgan fingerprint density at radius 2 is 1.95 bits per heavy atom. The summed E-state index contributed by atoms with van der Waals surface area (Å²) in [5, 5.41) is 3.87. The van der Waals surface area contributed by atoms with E-state index < -0.39 is 0 Å². The Bertz CT molecular complexity index is 524. The third kappa shape index (κ3) is 4.35. The van der Waals surface area contributed by atoms with E-state index in [0.29, 0.717) is 16.5 Å². The van der Waals surface area contributed by atoms with Gasteiger partial charge in [-0.1, -0.05) is 45.2 Å². The number of benzene rings is 1. The Labute approximate surface area is 146 Å². The molecule has 1 aromatic carbocycles. The highest BCUT2D eigenvalue weighted by Gasteiger charge is 2.35. The van der Waals surface area contributed by atoms with Crippen molar-refractivity contribution in [2.24, 2.45) is 11.3 Å². The molecule has 0 saturated heterocycles. The first-order valence-electron chi connectivity index (χ1n) is 7.55. The highest BCUT2D eigenvalue weighted by Crippen LogP contribution is 2.38. The van der Waals surface area contributed by atoms with Gasteiger partial charge in [0.05, 0.1) is 5.56 Å². The summed E-state index contributed by atoms with van der Waals surface area (Å²) in [5.41, 5.74) is 0.904. The lowest BCUT2D eigenvalue weighted by molar-refractivity contribution is 0.0829. The molecular weight excluding hydrogens is 397 g/mol. The molecule has 1 aromatic rings. The fourth-order valence-electron chi connectivity index (χ4n) is 3.26. The van der Waals surface area contributed by atoms with E-state index in [4.69, 9.17) is 11.6 Å². The second-order valence-corrected chi connectivity index (χ2v) is 8.56. The third-order valence-corrected chi connectivity index (χ3v) is 5.54. The van der Waals surface area contributed by atoms with Crippen molar-refractivity contribution in [1.82, 2.24) is 5.32 Å². The molecule has 0 aliphatic heterocycles. The lowest BCUT2D eigenvalue weighted by atomic mass is 9.69. The van der Waals surface area contributed by atoms with Crippen LogP contribution in [0.3, 0.4) is 0 Å². The van der Waals surface area contributed by atoms with Crippen LogP contribution in [0, 0.1) is 14.9 Å². The third-order valence-electron chi connectivity index (χ3n) is 4.37. The molecule has 0 spiro atoms. The maximum atomic E-state index is 12.6. The predicted molar refractivity (Wildman–Crippen MR) is 96.8 cm³/mol. The molecule has 0 radical (unpaired) electrons. The number of hydrogen-bond donors (Lipinski definition) is 1. The van der Waals surface area contributed by atoms with Gasteiger partial charge < -0.3 is 5.32 Å². The summed E-state index contributed by atoms with van der Waals surface area (Å²) in [5.74, 6) is 0.537. The highest BCUT2D eigenvalue weighted by molar-refractivity contribution is 14.1. The first-order valence-corrected chi connectivity index (χ1v) is 9.00. The van der Waals surface area contributed by atoms with Crippen molar-refractivity contribution in [3.8, 4) is 0 Å². The van der Waals surface area contributed by atoms with Crippen molar-refractivity contribution in [2.75, 3.05) is 0 Å². The van der Waals surface area contributed by atoms with Crippen molar-refractivity contribution < 1.29 is 4.79 Å². The summed E-state index contributed by atoms with van der Waals surface area (Å²) in [6, 6.07) is 5.73. The predicted octanol–water partition coefficient (Wildman–Crippen LogP) is 5.28. The fourth-order valence-corrected chi connectivity index (χ4v) is 4.01. The molecule has 1 fully saturated rings. The number of halogens is 2. The molecule has 1 amide bonds. The van der Waals surface area contributed by atoms with Crippen molar-refractivity contribution in [1.29, 1.82) is 0 Å². The molecule has 1 aliphatic carbocycles. The molecule has 0 heterocycles. The van der Waals surface area contributed by atoms with Crippen LogP contribution < -0.4 is 5.32 Å². The molecule has 2 nitrogen and oxygen atoms in total. The maximum Gasteiger partial charge on any atom is 0.252 e. The minimum absolute atomic E-state index is 0.00282. The molecule has 0 aromatic heterocycles. The monoisotopic (exact) mass is 419 g/mol. The number of nitrogens with one attached hydrogen (secondary N) is 1. The average Bonchev–Trinajstić information content (AvgIpc) is 2.41. The van der Waals surface area contributed by atoms with Crippen LogP contribution >= 0.6 is 34.2 Å². The fraction of sp³-hybridized carbons (Fsp3) is 0.588. The molecule has 2 rings (SSSR count). The molecule has 2 unspecified atom stereocenters. The number of hydrogen-bond acceptors (Lipinski definition) is 1. The molecule has 116 valence electrons. The molecular formula is C17H23ClINO. The van der Waals surface area contributed by atoms with E-state index in [0.717, 1.165) is 9.99 Å². The number of rotatable bonds is 2. The Balaban J connectivity index is 2.15. The normalized spacial score (nSPS) is 22.9. The lowest BCUT2D eigenvalue weighted by Crippen LogP contribution is -2.46. The van der Waals surface area contributed by atoms with Gasteiger partial charge in [0.2, 0.25) is 0 Å². The van der Waals surface area contributed by atoms with E-state index in [1.54, 1.807) is 6.07 Å². The molecule has 4 heteroatoms. The van der Waals surface area contributed by atoms with Gasteiger partial charge in [-0.2, -0.15) is 0 Å². The quantitative estimate of drug-likeness (QED) is 0.649. The van der Waals surface area contributed by atoms with Gasteiger partial charge in [0.15, 0.2) is 0 Å². The second kappa shape index (κ2) is 6.86. The van der Waals surface area contributed by atoms with E-state index in [1.165, 1.54) is 19.3 Å². The summed E-state index contributed by atoms with van der Waals surface area (Å²) in [7, 11) is 0. The van der Waals surface area contributed by atoms with Crippen LogP contribution in [0.1, 0.15) is 56.8 Å². The largest absolute Gasteiger partial charge is 0.349 e. The number of carbonyl (C=O) groups is 1. The van der Waals surface area contributed by atoms with Gasteiger partial charge in [0.1, 0.15) is 0 Å². The topological polar surface area (TPSA) is 29.1 Å². The van der Waals surface area contributed by atoms with Crippen LogP contribution in [0.15, 0.2) is 18.2 Å². The molecule has 2 atom stereocenters. The highest BCUT2D eigenvalue weighted by atomic mass is 127. The van der Waals surface area contributed by atoms with E-state index in [-0.39, 0.29) is 17.4 Å². The summed E-state index contributed by atoms with van der Waals surface area (Å²) in [6.45, 7) is 6.81. The SMILES string of the molecule is CC(C)(C)C1CCCCC1NC(=O)c1cc(Cl)ccc1I. The van der Waals surface area contributed by atoms with Crippen LogP contribution in [0.5, 0.6) is 0 Å². The maximum absolute atomic E-state index is 12.6. The van der Waals surface area contributed by atoms with E-state index in [2.05, 4.69) is 48.7 Å². The summed E-state index contributed by atoms with van der Waals surface area (Å²) in [4.78, 5) is 12.6. The van der Waals surface area contributed by atoms with Crippen LogP contribution in [0.25, 0.3) is 0 Å². The lowest BCUT2D eigenvalue weighted by Gasteiger charge is -2.40. The minimum atomic E-state index is 0.00282. The summed E-state index contributed by atoms with van der Waals surface area (Å²) >= 11 is 8.21. The first kappa shape index (κ1) is 17.1. The van der Waals surface area contributed by atoms with Crippen molar-refractivity contribution in [2.45, 2.75) is 52.5 Å². The molecule has 1 saturated carbocycles. The smallest absolute Gasteiger partial charge is 0.252 e. The van der Waals surface area contributed by atoms with E-state index in [9.17, 15) is 4.79 Å². The summed E-state index contributed by atoms with van der Waals surface area (Å²) in [6.07, 6.45) is 4.74. The van der Waals surface area contributed by atoms with Gasteiger partial charge in [-0.15, -0.1) is 0 Å². The number of amides is 1. The van der Waals surface area contributed by atoms with Gasteiger partial charge in [0.25, 0.3) is 5.91 Å². The Morgan fingerprint density at radius 3 is 2.62 bits per heavy atom. The molecule has 1 N–H and O–H groups in total. The Hall–Kier alpha value is -0.290. The number of carbonyl (C=O) groups excluding carboxylic acids is 1. The van der Waals surface area contributed by atoms with Crippen molar-refractivity contribution >= 4 is 40.1 Å². The van der Waals surface area contributed by atoms with Gasteiger partial charge >= 0.3 is 0 Å². The molecule has 0 bridgehead atoms. The zero-order valence-electron chi connectivity index (χ0n) is 12.9. The molecule has 21 heavy (non-hydrogen) atoms. The Morgan fingerprint density at radius 1 is 1.29 bits per heavy atom. The van der Waals surface area contributed by atoms with Crippen LogP contribution in [-0.4, -0.2) is 11.9 Å². The van der Waals surface area contributed by atoms with Crippen molar-refractivity contribution in [3.63, 3.8) is 0 Å². The average molecular weight is 420 g/mol. The second-order valence-electron chi connectivity index (χ2n) is 6.96. The van der Waals surface area contributed by atoms with Crippen LogP contribution in [0.4, 0.5) is 0 Å². The summed E-state index contributed by atoms with van der Waals surface area (Å²) < 4.78 is 0.942. The van der Waals surface area contributed by atoms with E-state index in [1.807, 2.05) is 12.1 Å². The first-order chi connectivity index (χ1) is 9.79. The van der Waals surface area contributed by atoms with E-state index >= 15 is 0 Å². The van der Waals surface area contributed by atoms with Gasteiger partial charge in [-0.3, -0.25) is 4.79 Å². The zero-order chi connectivity index (χ0) is 15.6. The van der Waals surface area contributed by atoms with Crippen LogP contribution in [-0.2, 0) is 0 Å². The minimum Gasteiger partial charge on any atom is -0.349 e. The van der Waals surface area contributed by atoms with Gasteiger partial charge in [-0.05, 0) is 65.0 Å². The standard InChI is InChI=1S/C17H23ClINO/c1-17(2,3)13-6-4-5-7-15(13)20-16(21)12-10-11(18)8-9-14(12)19/h8-10,13,15H,4-7H2,1-3H3,(H,20,21). The molecule has 1 aliphatic rings.